The summed E-state index contributed by atoms with van der Waals surface area (Å²) in [5, 5.41) is 9.69. The number of carbonyl (C=O) groups excluding carboxylic acids is 1. The predicted molar refractivity (Wildman–Crippen MR) is 80.5 cm³/mol. The maximum absolute atomic E-state index is 12.5. The van der Waals surface area contributed by atoms with E-state index in [0.29, 0.717) is 23.6 Å². The molecule has 0 aliphatic carbocycles. The lowest BCUT2D eigenvalue weighted by Gasteiger charge is -2.33. The molecule has 0 spiro atoms. The molecule has 0 bridgehead atoms. The molecule has 1 N–H and O–H groups in total. The van der Waals surface area contributed by atoms with Crippen molar-refractivity contribution < 1.29 is 14.7 Å². The second-order valence-electron chi connectivity index (χ2n) is 4.47. The maximum Gasteiger partial charge on any atom is 0.326 e. The van der Waals surface area contributed by atoms with Crippen LogP contribution in [0.2, 0.25) is 5.02 Å². The highest BCUT2D eigenvalue weighted by molar-refractivity contribution is 14.1. The standard InChI is InChI=1S/C13H13ClINO3/c14-8-4-5-10(15)9(7-8)12(17)16-6-2-1-3-11(16)13(18)19/h4-5,7,11H,1-3,6H2,(H,18,19)/t11-/m1/s1. The van der Waals surface area contributed by atoms with Gasteiger partial charge in [0.25, 0.3) is 5.91 Å². The summed E-state index contributed by atoms with van der Waals surface area (Å²) >= 11 is 7.97. The number of hydrogen-bond donors (Lipinski definition) is 1. The molecule has 2 rings (SSSR count). The second-order valence-corrected chi connectivity index (χ2v) is 6.07. The van der Waals surface area contributed by atoms with Gasteiger partial charge in [-0.3, -0.25) is 4.79 Å². The van der Waals surface area contributed by atoms with Crippen LogP contribution in [0.15, 0.2) is 18.2 Å². The van der Waals surface area contributed by atoms with Crippen molar-refractivity contribution in [3.63, 3.8) is 0 Å². The van der Waals surface area contributed by atoms with E-state index in [0.717, 1.165) is 16.4 Å². The van der Waals surface area contributed by atoms with Gasteiger partial charge in [-0.25, -0.2) is 4.79 Å². The van der Waals surface area contributed by atoms with Gasteiger partial charge >= 0.3 is 5.97 Å². The van der Waals surface area contributed by atoms with Gasteiger partial charge in [-0.05, 0) is 60.1 Å². The van der Waals surface area contributed by atoms with Gasteiger partial charge in [0, 0.05) is 15.1 Å². The summed E-state index contributed by atoms with van der Waals surface area (Å²) < 4.78 is 0.779. The minimum Gasteiger partial charge on any atom is -0.480 e. The average molecular weight is 394 g/mol. The van der Waals surface area contributed by atoms with Crippen molar-refractivity contribution in [2.45, 2.75) is 25.3 Å². The number of benzene rings is 1. The molecule has 4 nitrogen and oxygen atoms in total. The lowest BCUT2D eigenvalue weighted by Crippen LogP contribution is -2.48. The topological polar surface area (TPSA) is 57.6 Å². The minimum atomic E-state index is -0.940. The number of carboxylic acid groups (broad SMARTS) is 1. The monoisotopic (exact) mass is 393 g/mol. The van der Waals surface area contributed by atoms with Gasteiger partial charge < -0.3 is 10.0 Å². The molecule has 0 radical (unpaired) electrons. The number of carboxylic acids is 1. The fraction of sp³-hybridized carbons (Fsp3) is 0.385. The summed E-state index contributed by atoms with van der Waals surface area (Å²) in [5.41, 5.74) is 0.473. The average Bonchev–Trinajstić information content (AvgIpc) is 2.40. The van der Waals surface area contributed by atoms with E-state index >= 15 is 0 Å². The van der Waals surface area contributed by atoms with Gasteiger partial charge in [0.05, 0.1) is 5.56 Å². The van der Waals surface area contributed by atoms with E-state index < -0.39 is 12.0 Å². The third-order valence-corrected chi connectivity index (χ3v) is 4.38. The Bertz CT molecular complexity index is 521. The molecule has 1 aliphatic heterocycles. The molecule has 6 heteroatoms. The summed E-state index contributed by atoms with van der Waals surface area (Å²) in [4.78, 5) is 25.2. The van der Waals surface area contributed by atoms with Gasteiger partial charge in [0.15, 0.2) is 0 Å². The quantitative estimate of drug-likeness (QED) is 0.786. The van der Waals surface area contributed by atoms with Crippen LogP contribution >= 0.6 is 34.2 Å². The Kier molecular flexibility index (Phi) is 4.67. The van der Waals surface area contributed by atoms with Crippen LogP contribution < -0.4 is 0 Å². The smallest absolute Gasteiger partial charge is 0.326 e. The van der Waals surface area contributed by atoms with Crippen molar-refractivity contribution >= 4 is 46.1 Å². The largest absolute Gasteiger partial charge is 0.480 e. The molecule has 1 aromatic carbocycles. The van der Waals surface area contributed by atoms with Crippen LogP contribution in [0.3, 0.4) is 0 Å². The Morgan fingerprint density at radius 2 is 2.11 bits per heavy atom. The highest BCUT2D eigenvalue weighted by Crippen LogP contribution is 2.24. The molecule has 102 valence electrons. The molecule has 19 heavy (non-hydrogen) atoms. The van der Waals surface area contributed by atoms with Gasteiger partial charge in [-0.2, -0.15) is 0 Å². The van der Waals surface area contributed by atoms with E-state index in [1.807, 2.05) is 0 Å². The van der Waals surface area contributed by atoms with Crippen LogP contribution in [0.5, 0.6) is 0 Å². The lowest BCUT2D eigenvalue weighted by molar-refractivity contribution is -0.143. The molecule has 1 aromatic rings. The molecule has 1 aliphatic rings. The number of nitrogens with zero attached hydrogens (tertiary/aromatic N) is 1. The summed E-state index contributed by atoms with van der Waals surface area (Å²) in [6, 6.07) is 4.34. The first kappa shape index (κ1) is 14.6. The number of amides is 1. The molecule has 0 unspecified atom stereocenters. The van der Waals surface area contributed by atoms with Crippen LogP contribution in [0.1, 0.15) is 29.6 Å². The summed E-state index contributed by atoms with van der Waals surface area (Å²) in [5.74, 6) is -1.19. The van der Waals surface area contributed by atoms with Crippen LogP contribution in [0.4, 0.5) is 0 Å². The third kappa shape index (κ3) is 3.20. The fourth-order valence-electron chi connectivity index (χ4n) is 2.25. The number of halogens is 2. The van der Waals surface area contributed by atoms with Gasteiger partial charge in [0.1, 0.15) is 6.04 Å². The van der Waals surface area contributed by atoms with E-state index in [4.69, 9.17) is 11.6 Å². The van der Waals surface area contributed by atoms with Crippen LogP contribution in [-0.4, -0.2) is 34.5 Å². The molecule has 1 atom stereocenters. The Hall–Kier alpha value is -0.820. The number of rotatable bonds is 2. The molecule has 0 aromatic heterocycles. The zero-order valence-electron chi connectivity index (χ0n) is 10.1. The molecular weight excluding hydrogens is 381 g/mol. The number of carbonyl (C=O) groups is 2. The number of likely N-dealkylation sites (tertiary alicyclic amines) is 1. The van der Waals surface area contributed by atoms with Crippen molar-refractivity contribution in [3.8, 4) is 0 Å². The van der Waals surface area contributed by atoms with Crippen molar-refractivity contribution in [2.75, 3.05) is 6.54 Å². The molecule has 1 amide bonds. The van der Waals surface area contributed by atoms with Crippen molar-refractivity contribution in [2.24, 2.45) is 0 Å². The molecule has 1 fully saturated rings. The molecule has 1 saturated heterocycles. The lowest BCUT2D eigenvalue weighted by atomic mass is 10.0. The van der Waals surface area contributed by atoms with E-state index in [1.54, 1.807) is 18.2 Å². The molecule has 1 heterocycles. The van der Waals surface area contributed by atoms with E-state index in [-0.39, 0.29) is 5.91 Å². The SMILES string of the molecule is O=C(O)[C@H]1CCCCN1C(=O)c1cc(Cl)ccc1I. The first-order valence-corrected chi connectivity index (χ1v) is 7.45. The van der Waals surface area contributed by atoms with Crippen LogP contribution in [0, 0.1) is 3.57 Å². The van der Waals surface area contributed by atoms with Crippen molar-refractivity contribution in [1.82, 2.24) is 4.90 Å². The van der Waals surface area contributed by atoms with E-state index in [9.17, 15) is 14.7 Å². The Morgan fingerprint density at radius 1 is 1.37 bits per heavy atom. The number of piperidine rings is 1. The van der Waals surface area contributed by atoms with Gasteiger partial charge in [-0.15, -0.1) is 0 Å². The van der Waals surface area contributed by atoms with Crippen LogP contribution in [0.25, 0.3) is 0 Å². The Labute approximate surface area is 129 Å². The summed E-state index contributed by atoms with van der Waals surface area (Å²) in [6.45, 7) is 0.485. The Morgan fingerprint density at radius 3 is 2.79 bits per heavy atom. The minimum absolute atomic E-state index is 0.251. The zero-order valence-corrected chi connectivity index (χ0v) is 13.0. The van der Waals surface area contributed by atoms with Crippen molar-refractivity contribution in [3.05, 3.63) is 32.4 Å². The maximum atomic E-state index is 12.5. The third-order valence-electron chi connectivity index (χ3n) is 3.21. The normalized spacial score (nSPS) is 19.3. The second kappa shape index (κ2) is 6.09. The predicted octanol–water partition coefficient (Wildman–Crippen LogP) is 3.02. The fourth-order valence-corrected chi connectivity index (χ4v) is 2.99. The first-order valence-electron chi connectivity index (χ1n) is 5.99. The highest BCUT2D eigenvalue weighted by atomic mass is 127. The molecule has 0 saturated carbocycles. The van der Waals surface area contributed by atoms with Gasteiger partial charge in [0.2, 0.25) is 0 Å². The zero-order chi connectivity index (χ0) is 14.0. The highest BCUT2D eigenvalue weighted by Gasteiger charge is 2.33. The first-order chi connectivity index (χ1) is 9.00. The van der Waals surface area contributed by atoms with E-state index in [1.165, 1.54) is 4.90 Å². The van der Waals surface area contributed by atoms with E-state index in [2.05, 4.69) is 22.6 Å². The number of hydrogen-bond acceptors (Lipinski definition) is 2. The summed E-state index contributed by atoms with van der Waals surface area (Å²) in [6.07, 6.45) is 2.19. The van der Waals surface area contributed by atoms with Gasteiger partial charge in [-0.1, -0.05) is 11.6 Å². The number of aliphatic carboxylic acids is 1. The Balaban J connectivity index is 2.31. The van der Waals surface area contributed by atoms with Crippen molar-refractivity contribution in [1.29, 1.82) is 0 Å². The van der Waals surface area contributed by atoms with Crippen LogP contribution in [-0.2, 0) is 4.79 Å². The molecular formula is C13H13ClINO3. The summed E-state index contributed by atoms with van der Waals surface area (Å²) in [7, 11) is 0.